The molecule has 1 heterocycles. The maximum atomic E-state index is 12.8. The van der Waals surface area contributed by atoms with E-state index in [4.69, 9.17) is 4.74 Å². The number of alkyl halides is 3. The van der Waals surface area contributed by atoms with E-state index >= 15 is 0 Å². The van der Waals surface area contributed by atoms with Crippen molar-refractivity contribution >= 4 is 23.2 Å². The molecule has 1 amide bonds. The van der Waals surface area contributed by atoms with Gasteiger partial charge in [0.05, 0.1) is 18.6 Å². The Morgan fingerprint density at radius 3 is 2.55 bits per heavy atom. The van der Waals surface area contributed by atoms with Crippen LogP contribution in [0.5, 0.6) is 0 Å². The fourth-order valence-corrected chi connectivity index (χ4v) is 3.18. The van der Waals surface area contributed by atoms with Crippen LogP contribution in [-0.2, 0) is 16.0 Å². The molecule has 1 aliphatic carbocycles. The molecule has 0 atom stereocenters. The summed E-state index contributed by atoms with van der Waals surface area (Å²) in [6.45, 7) is 3.55. The molecule has 1 N–H and O–H groups in total. The first-order chi connectivity index (χ1) is 10.2. The third-order valence-corrected chi connectivity index (χ3v) is 4.63. The van der Waals surface area contributed by atoms with Gasteiger partial charge in [-0.15, -0.1) is 11.3 Å². The van der Waals surface area contributed by atoms with E-state index < -0.39 is 23.6 Å². The number of rotatable bonds is 5. The molecular weight excluding hydrogens is 319 g/mol. The Kier molecular flexibility index (Phi) is 4.51. The van der Waals surface area contributed by atoms with E-state index in [1.165, 1.54) is 11.3 Å². The molecule has 0 saturated heterocycles. The lowest BCUT2D eigenvalue weighted by Crippen LogP contribution is -2.48. The van der Waals surface area contributed by atoms with Gasteiger partial charge in [0.1, 0.15) is 5.54 Å². The number of hydrogen-bond acceptors (Lipinski definition) is 4. The van der Waals surface area contributed by atoms with Crippen molar-refractivity contribution in [3.8, 4) is 0 Å². The monoisotopic (exact) mass is 335 g/mol. The van der Waals surface area contributed by atoms with E-state index in [1.807, 2.05) is 0 Å². The molecule has 0 unspecified atom stereocenters. The van der Waals surface area contributed by atoms with Gasteiger partial charge in [0, 0.05) is 4.88 Å². The van der Waals surface area contributed by atoms with Crippen LogP contribution in [0.1, 0.15) is 40.6 Å². The smallest absolute Gasteiger partial charge is 0.411 e. The third-order valence-electron chi connectivity index (χ3n) is 3.52. The highest BCUT2D eigenvalue weighted by atomic mass is 32.1. The van der Waals surface area contributed by atoms with Crippen molar-refractivity contribution in [3.63, 3.8) is 0 Å². The van der Waals surface area contributed by atoms with Gasteiger partial charge in [-0.05, 0) is 37.6 Å². The van der Waals surface area contributed by atoms with Crippen molar-refractivity contribution < 1.29 is 27.5 Å². The van der Waals surface area contributed by atoms with Gasteiger partial charge in [-0.3, -0.25) is 4.79 Å². The zero-order valence-electron chi connectivity index (χ0n) is 12.2. The van der Waals surface area contributed by atoms with E-state index in [0.29, 0.717) is 10.4 Å². The van der Waals surface area contributed by atoms with Gasteiger partial charge < -0.3 is 10.1 Å². The normalized spacial score (nSPS) is 16.2. The molecule has 22 heavy (non-hydrogen) atoms. The molecule has 1 fully saturated rings. The minimum absolute atomic E-state index is 0.101. The van der Waals surface area contributed by atoms with Crippen molar-refractivity contribution in [1.29, 1.82) is 0 Å². The van der Waals surface area contributed by atoms with Crippen molar-refractivity contribution in [2.75, 3.05) is 6.61 Å². The Morgan fingerprint density at radius 2 is 2.05 bits per heavy atom. The summed E-state index contributed by atoms with van der Waals surface area (Å²) in [5, 5.41) is 3.74. The van der Waals surface area contributed by atoms with Gasteiger partial charge >= 0.3 is 12.1 Å². The average molecular weight is 335 g/mol. The fourth-order valence-electron chi connectivity index (χ4n) is 2.17. The summed E-state index contributed by atoms with van der Waals surface area (Å²) >= 11 is 1.17. The molecule has 1 aliphatic rings. The maximum Gasteiger partial charge on any atom is 0.411 e. The van der Waals surface area contributed by atoms with Crippen LogP contribution in [0.15, 0.2) is 5.38 Å². The van der Waals surface area contributed by atoms with E-state index in [0.717, 1.165) is 0 Å². The summed E-state index contributed by atoms with van der Waals surface area (Å²) in [7, 11) is 0. The van der Waals surface area contributed by atoms with Crippen LogP contribution in [-0.4, -0.2) is 30.2 Å². The lowest BCUT2D eigenvalue weighted by molar-refractivity contribution is -0.170. The van der Waals surface area contributed by atoms with Gasteiger partial charge in [0.15, 0.2) is 0 Å². The molecule has 0 radical (unpaired) electrons. The first kappa shape index (κ1) is 16.8. The van der Waals surface area contributed by atoms with Gasteiger partial charge in [-0.2, -0.15) is 13.2 Å². The Hall–Kier alpha value is -1.57. The summed E-state index contributed by atoms with van der Waals surface area (Å²) in [6.07, 6.45) is -4.91. The second-order valence-electron chi connectivity index (χ2n) is 5.24. The number of thiophene rings is 1. The van der Waals surface area contributed by atoms with Crippen molar-refractivity contribution in [3.05, 3.63) is 21.4 Å². The minimum Gasteiger partial charge on any atom is -0.462 e. The number of aryl methyl sites for hydroxylation is 1. The quantitative estimate of drug-likeness (QED) is 0.842. The summed E-state index contributed by atoms with van der Waals surface area (Å²) in [5.41, 5.74) is -1.15. The highest BCUT2D eigenvalue weighted by molar-refractivity contribution is 7.10. The predicted octanol–water partition coefficient (Wildman–Crippen LogP) is 2.99. The minimum atomic E-state index is -4.45. The Bertz CT molecular complexity index is 591. The Labute approximate surface area is 129 Å². The van der Waals surface area contributed by atoms with Gasteiger partial charge in [0.25, 0.3) is 0 Å². The maximum absolute atomic E-state index is 12.8. The largest absolute Gasteiger partial charge is 0.462 e. The zero-order chi connectivity index (χ0) is 16.5. The van der Waals surface area contributed by atoms with Crippen LogP contribution >= 0.6 is 11.3 Å². The van der Waals surface area contributed by atoms with Crippen LogP contribution in [0.25, 0.3) is 0 Å². The van der Waals surface area contributed by atoms with Crippen molar-refractivity contribution in [2.45, 2.75) is 44.8 Å². The summed E-state index contributed by atoms with van der Waals surface area (Å²) < 4.78 is 43.4. The second kappa shape index (κ2) is 5.91. The molecule has 0 bridgehead atoms. The molecule has 122 valence electrons. The number of amides is 1. The first-order valence-electron chi connectivity index (χ1n) is 6.82. The van der Waals surface area contributed by atoms with Crippen LogP contribution in [0.2, 0.25) is 0 Å². The number of carbonyl (C=O) groups excluding carboxylic acids is 2. The molecule has 1 aromatic heterocycles. The summed E-state index contributed by atoms with van der Waals surface area (Å²) in [5.74, 6) is -1.29. The van der Waals surface area contributed by atoms with Gasteiger partial charge in [-0.25, -0.2) is 4.79 Å². The lowest BCUT2D eigenvalue weighted by atomic mass is 10.1. The van der Waals surface area contributed by atoms with Gasteiger partial charge in [-0.1, -0.05) is 0 Å². The molecule has 1 aromatic rings. The molecule has 4 nitrogen and oxygen atoms in total. The van der Waals surface area contributed by atoms with Crippen LogP contribution in [0.3, 0.4) is 0 Å². The molecule has 0 aromatic carbocycles. The highest BCUT2D eigenvalue weighted by Crippen LogP contribution is 2.48. The fraction of sp³-hybridized carbons (Fsp3) is 0.571. The van der Waals surface area contributed by atoms with Crippen molar-refractivity contribution in [1.82, 2.24) is 5.32 Å². The standard InChI is InChI=1S/C14H16F3NO3S/c1-3-21-12(20)11-8(2)7-22-9(11)6-10(19)18-13(4-5-13)14(15,16)17/h7H,3-6H2,1-2H3,(H,18,19). The third kappa shape index (κ3) is 3.26. The van der Waals surface area contributed by atoms with Gasteiger partial charge in [0.2, 0.25) is 5.91 Å². The molecule has 8 heteroatoms. The number of ether oxygens (including phenoxy) is 1. The van der Waals surface area contributed by atoms with Crippen LogP contribution < -0.4 is 5.32 Å². The Morgan fingerprint density at radius 1 is 1.41 bits per heavy atom. The number of nitrogens with one attached hydrogen (secondary N) is 1. The van der Waals surface area contributed by atoms with Crippen LogP contribution in [0.4, 0.5) is 13.2 Å². The lowest BCUT2D eigenvalue weighted by Gasteiger charge is -2.20. The second-order valence-corrected chi connectivity index (χ2v) is 6.21. The van der Waals surface area contributed by atoms with Crippen LogP contribution in [0, 0.1) is 6.92 Å². The van der Waals surface area contributed by atoms with E-state index in [2.05, 4.69) is 5.32 Å². The molecule has 2 rings (SSSR count). The topological polar surface area (TPSA) is 55.4 Å². The number of carbonyl (C=O) groups is 2. The molecule has 0 aliphatic heterocycles. The first-order valence-corrected chi connectivity index (χ1v) is 7.70. The molecule has 0 spiro atoms. The number of halogens is 3. The number of hydrogen-bond donors (Lipinski definition) is 1. The highest BCUT2D eigenvalue weighted by Gasteiger charge is 2.64. The Balaban J connectivity index is 2.09. The number of esters is 1. The summed E-state index contributed by atoms with van der Waals surface area (Å²) in [6, 6.07) is 0. The van der Waals surface area contributed by atoms with E-state index in [1.54, 1.807) is 19.2 Å². The SMILES string of the molecule is CCOC(=O)c1c(C)csc1CC(=O)NC1(C(F)(F)F)CC1. The van der Waals surface area contributed by atoms with E-state index in [9.17, 15) is 22.8 Å². The molecule has 1 saturated carbocycles. The molecular formula is C14H16F3NO3S. The van der Waals surface area contributed by atoms with Crippen molar-refractivity contribution in [2.24, 2.45) is 0 Å². The van der Waals surface area contributed by atoms with E-state index in [-0.39, 0.29) is 31.4 Å². The average Bonchev–Trinajstić information content (AvgIpc) is 3.08. The zero-order valence-corrected chi connectivity index (χ0v) is 13.0. The predicted molar refractivity (Wildman–Crippen MR) is 74.9 cm³/mol. The summed E-state index contributed by atoms with van der Waals surface area (Å²) in [4.78, 5) is 24.2.